The quantitative estimate of drug-likeness (QED) is 0.234. The Morgan fingerprint density at radius 2 is 1.83 bits per heavy atom. The van der Waals surface area contributed by atoms with Gasteiger partial charge in [-0.1, -0.05) is 58.9 Å². The van der Waals surface area contributed by atoms with Crippen molar-refractivity contribution in [3.8, 4) is 5.69 Å². The Morgan fingerprint density at radius 3 is 2.57 bits per heavy atom. The van der Waals surface area contributed by atoms with Crippen LogP contribution in [0.25, 0.3) is 5.69 Å². The molecule has 2 aromatic heterocycles. The van der Waals surface area contributed by atoms with Gasteiger partial charge >= 0.3 is 11.4 Å². The largest absolute Gasteiger partial charge is 0.394 e. The number of nitrogens with zero attached hydrogens (tertiary/aromatic N) is 7. The highest BCUT2D eigenvalue weighted by Gasteiger charge is 2.61. The molecular weight excluding hydrogens is 542 g/mol. The van der Waals surface area contributed by atoms with Gasteiger partial charge in [-0.15, -0.1) is 5.10 Å². The Hall–Kier alpha value is -4.33. The van der Waals surface area contributed by atoms with Crippen molar-refractivity contribution in [1.29, 1.82) is 0 Å². The number of oxime groups is 1. The first-order chi connectivity index (χ1) is 20.5. The molecule has 7 atom stereocenters. The Balaban J connectivity index is 1.13. The third-order valence-electron chi connectivity index (χ3n) is 8.46. The molecule has 1 aliphatic carbocycles. The van der Waals surface area contributed by atoms with E-state index in [4.69, 9.17) is 9.57 Å². The second-order valence-electron chi connectivity index (χ2n) is 11.0. The molecule has 1 saturated carbocycles. The molecule has 2 aliphatic heterocycles. The summed E-state index contributed by atoms with van der Waals surface area (Å²) in [7, 11) is 0. The monoisotopic (exact) mass is 573 g/mol. The lowest BCUT2D eigenvalue weighted by atomic mass is 9.78. The van der Waals surface area contributed by atoms with Crippen LogP contribution in [0.2, 0.25) is 0 Å². The van der Waals surface area contributed by atoms with Gasteiger partial charge in [0.05, 0.1) is 36.3 Å². The Bertz CT molecular complexity index is 1730. The number of hydrogen-bond donors (Lipinski definition) is 2. The molecule has 218 valence electrons. The number of aromatic nitrogens is 6. The van der Waals surface area contributed by atoms with Crippen LogP contribution in [-0.4, -0.2) is 69.8 Å². The van der Waals surface area contributed by atoms with Crippen LogP contribution in [-0.2, 0) is 22.5 Å². The van der Waals surface area contributed by atoms with Crippen molar-refractivity contribution in [1.82, 2.24) is 28.9 Å². The van der Waals surface area contributed by atoms with Crippen molar-refractivity contribution in [2.45, 2.75) is 62.8 Å². The van der Waals surface area contributed by atoms with E-state index in [9.17, 15) is 19.8 Å². The molecule has 1 saturated heterocycles. The summed E-state index contributed by atoms with van der Waals surface area (Å²) in [6.07, 6.45) is 0.321. The highest BCUT2D eigenvalue weighted by molar-refractivity contribution is 5.94. The SMILES string of the molecule is C[C@H](O/N=C1\[C@H]2CCn3c(=O)n(-c4ccccc4)c(=O)n3C2[C@H](O)[C@@H]2O[C@H]12)c1cn([C@H](CO)Cc2ccccc2)nn1. The summed E-state index contributed by atoms with van der Waals surface area (Å²) in [5.41, 5.74) is 1.72. The average Bonchev–Trinajstić information content (AvgIpc) is 3.59. The number of rotatable bonds is 8. The van der Waals surface area contributed by atoms with Gasteiger partial charge in [0.25, 0.3) is 0 Å². The van der Waals surface area contributed by atoms with Crippen molar-refractivity contribution < 1.29 is 19.8 Å². The molecule has 42 heavy (non-hydrogen) atoms. The van der Waals surface area contributed by atoms with Gasteiger partial charge in [-0.2, -0.15) is 0 Å². The molecular formula is C29H31N7O6. The van der Waals surface area contributed by atoms with Gasteiger partial charge in [0, 0.05) is 12.5 Å². The Labute approximate surface area is 239 Å². The second kappa shape index (κ2) is 10.5. The number of para-hydroxylation sites is 1. The first-order valence-corrected chi connectivity index (χ1v) is 14.1. The van der Waals surface area contributed by atoms with Gasteiger partial charge in [0.1, 0.15) is 24.0 Å². The topological polar surface area (TPSA) is 154 Å². The maximum atomic E-state index is 13.6. The van der Waals surface area contributed by atoms with Crippen LogP contribution in [0.5, 0.6) is 0 Å². The first-order valence-electron chi connectivity index (χ1n) is 14.1. The smallest absolute Gasteiger partial charge is 0.352 e. The number of hydrogen-bond acceptors (Lipinski definition) is 9. The molecule has 7 rings (SSSR count). The summed E-state index contributed by atoms with van der Waals surface area (Å²) in [5, 5.41) is 34.1. The zero-order chi connectivity index (χ0) is 29.0. The number of aliphatic hydroxyl groups excluding tert-OH is 2. The molecule has 2 fully saturated rings. The van der Waals surface area contributed by atoms with E-state index in [1.807, 2.05) is 36.4 Å². The van der Waals surface area contributed by atoms with Gasteiger partial charge < -0.3 is 19.8 Å². The predicted octanol–water partition coefficient (Wildman–Crippen LogP) is 1.00. The minimum atomic E-state index is -0.980. The van der Waals surface area contributed by atoms with Crippen LogP contribution in [0.4, 0.5) is 0 Å². The van der Waals surface area contributed by atoms with Gasteiger partial charge in [0.15, 0.2) is 6.10 Å². The van der Waals surface area contributed by atoms with E-state index in [1.54, 1.807) is 42.1 Å². The van der Waals surface area contributed by atoms with E-state index < -0.39 is 41.8 Å². The van der Waals surface area contributed by atoms with Crippen molar-refractivity contribution >= 4 is 5.71 Å². The molecule has 0 amide bonds. The van der Waals surface area contributed by atoms with Crippen LogP contribution in [0.3, 0.4) is 0 Å². The minimum Gasteiger partial charge on any atom is -0.394 e. The number of fused-ring (bicyclic) bond motifs is 4. The van der Waals surface area contributed by atoms with E-state index in [1.165, 1.54) is 9.36 Å². The number of benzene rings is 2. The average molecular weight is 574 g/mol. The molecule has 0 spiro atoms. The van der Waals surface area contributed by atoms with Crippen molar-refractivity contribution in [2.75, 3.05) is 6.61 Å². The highest BCUT2D eigenvalue weighted by atomic mass is 16.6. The summed E-state index contributed by atoms with van der Waals surface area (Å²) in [4.78, 5) is 32.7. The molecule has 3 aliphatic rings. The van der Waals surface area contributed by atoms with Gasteiger partial charge in [-0.05, 0) is 37.5 Å². The van der Waals surface area contributed by atoms with Crippen molar-refractivity contribution in [3.63, 3.8) is 0 Å². The minimum absolute atomic E-state index is 0.0997. The predicted molar refractivity (Wildman–Crippen MR) is 149 cm³/mol. The third kappa shape index (κ3) is 4.40. The summed E-state index contributed by atoms with van der Waals surface area (Å²) in [6.45, 7) is 1.98. The van der Waals surface area contributed by atoms with Crippen LogP contribution in [0.15, 0.2) is 81.6 Å². The fourth-order valence-electron chi connectivity index (χ4n) is 6.22. The van der Waals surface area contributed by atoms with E-state index in [0.717, 1.165) is 10.1 Å². The van der Waals surface area contributed by atoms with Gasteiger partial charge in [0.2, 0.25) is 0 Å². The summed E-state index contributed by atoms with van der Waals surface area (Å²) >= 11 is 0. The lowest BCUT2D eigenvalue weighted by Crippen LogP contribution is -2.53. The van der Waals surface area contributed by atoms with Crippen LogP contribution in [0.1, 0.15) is 42.8 Å². The molecule has 0 bridgehead atoms. The number of ether oxygens (including phenoxy) is 1. The van der Waals surface area contributed by atoms with Gasteiger partial charge in [-0.25, -0.2) is 28.2 Å². The molecule has 13 heteroatoms. The van der Waals surface area contributed by atoms with Crippen molar-refractivity contribution in [2.24, 2.45) is 11.1 Å². The number of epoxide rings is 1. The molecule has 2 aromatic carbocycles. The van der Waals surface area contributed by atoms with Crippen LogP contribution < -0.4 is 11.4 Å². The summed E-state index contributed by atoms with van der Waals surface area (Å²) in [6, 6.07) is 17.6. The highest BCUT2D eigenvalue weighted by Crippen LogP contribution is 2.46. The standard InChI is InChI=1S/C29H31N7O6/c1-17(22-15-33(32-30-22)20(16-37)14-18-8-4-2-5-9-18)42-31-23-21-12-13-34-28(39)35(19-10-6-3-7-11-19)29(40)36(34)24(21)25(38)27-26(23)41-27/h2-11,15,17,20-21,24-27,37-38H,12-14,16H2,1H3/b31-23+/t17-,20-,21+,24?,25-,26+,27-/m0/s1. The van der Waals surface area contributed by atoms with E-state index in [2.05, 4.69) is 15.5 Å². The first kappa shape index (κ1) is 26.6. The van der Waals surface area contributed by atoms with E-state index in [0.29, 0.717) is 29.9 Å². The second-order valence-corrected chi connectivity index (χ2v) is 11.0. The van der Waals surface area contributed by atoms with Crippen LogP contribution >= 0.6 is 0 Å². The van der Waals surface area contributed by atoms with Crippen LogP contribution in [0, 0.1) is 5.92 Å². The van der Waals surface area contributed by atoms with Crippen molar-refractivity contribution in [3.05, 3.63) is 99.1 Å². The lowest BCUT2D eigenvalue weighted by molar-refractivity contribution is 0.0291. The fraction of sp³-hybridized carbons (Fsp3) is 0.414. The van der Waals surface area contributed by atoms with E-state index >= 15 is 0 Å². The molecule has 1 unspecified atom stereocenters. The zero-order valence-electron chi connectivity index (χ0n) is 22.9. The summed E-state index contributed by atoms with van der Waals surface area (Å²) < 4.78 is 11.3. The van der Waals surface area contributed by atoms with E-state index in [-0.39, 0.29) is 25.1 Å². The lowest BCUT2D eigenvalue weighted by Gasteiger charge is -2.38. The maximum absolute atomic E-state index is 13.6. The molecule has 2 N–H and O–H groups in total. The Kier molecular flexibility index (Phi) is 6.64. The molecule has 0 radical (unpaired) electrons. The third-order valence-corrected chi connectivity index (χ3v) is 8.46. The fourth-order valence-corrected chi connectivity index (χ4v) is 6.22. The molecule has 4 heterocycles. The Morgan fingerprint density at radius 1 is 1.10 bits per heavy atom. The molecule has 4 aromatic rings. The maximum Gasteiger partial charge on any atom is 0.352 e. The molecule has 13 nitrogen and oxygen atoms in total. The normalized spacial score (nSPS) is 26.6. The zero-order valence-corrected chi connectivity index (χ0v) is 22.9. The van der Waals surface area contributed by atoms with Gasteiger partial charge in [-0.3, -0.25) is 0 Å². The summed E-state index contributed by atoms with van der Waals surface area (Å²) in [5.74, 6) is -0.361. The number of aliphatic hydroxyl groups is 2.